The lowest BCUT2D eigenvalue weighted by atomic mass is 10.3. The Kier molecular flexibility index (Phi) is 2.43. The van der Waals surface area contributed by atoms with Crippen LogP contribution >= 0.6 is 11.3 Å². The van der Waals surface area contributed by atoms with Gasteiger partial charge >= 0.3 is 0 Å². The van der Waals surface area contributed by atoms with E-state index in [4.69, 9.17) is 10.2 Å². The third kappa shape index (κ3) is 1.56. The molecule has 1 heterocycles. The third-order valence-corrected chi connectivity index (χ3v) is 2.49. The molecule has 0 radical (unpaired) electrons. The van der Waals surface area contributed by atoms with Crippen molar-refractivity contribution in [1.29, 1.82) is 0 Å². The zero-order valence-corrected chi connectivity index (χ0v) is 6.56. The average Bonchev–Trinajstić information content (AvgIpc) is 2.34. The fourth-order valence-electron chi connectivity index (χ4n) is 0.704. The third-order valence-electron chi connectivity index (χ3n) is 1.25. The quantitative estimate of drug-likeness (QED) is 0.681. The Morgan fingerprint density at radius 3 is 2.60 bits per heavy atom. The summed E-state index contributed by atoms with van der Waals surface area (Å²) in [5, 5.41) is 17.7. The molecule has 10 heavy (non-hydrogen) atoms. The van der Waals surface area contributed by atoms with Gasteiger partial charge in [-0.25, -0.2) is 0 Å². The smallest absolute Gasteiger partial charge is 0.0854 e. The van der Waals surface area contributed by atoms with Crippen molar-refractivity contribution in [2.24, 2.45) is 0 Å². The SMILES string of the molecule is CC(O)c1ccc(CO)s1. The van der Waals surface area contributed by atoms with Gasteiger partial charge < -0.3 is 10.2 Å². The van der Waals surface area contributed by atoms with Crippen LogP contribution in [0.2, 0.25) is 0 Å². The molecule has 0 spiro atoms. The molecule has 0 aliphatic rings. The highest BCUT2D eigenvalue weighted by molar-refractivity contribution is 7.12. The fraction of sp³-hybridized carbons (Fsp3) is 0.429. The number of rotatable bonds is 2. The van der Waals surface area contributed by atoms with Crippen LogP contribution < -0.4 is 0 Å². The molecule has 0 saturated carbocycles. The van der Waals surface area contributed by atoms with E-state index in [0.717, 1.165) is 9.75 Å². The van der Waals surface area contributed by atoms with Gasteiger partial charge in [0.15, 0.2) is 0 Å². The Morgan fingerprint density at radius 2 is 2.30 bits per heavy atom. The number of thiophene rings is 1. The lowest BCUT2D eigenvalue weighted by molar-refractivity contribution is 0.203. The van der Waals surface area contributed by atoms with Crippen molar-refractivity contribution in [3.63, 3.8) is 0 Å². The Balaban J connectivity index is 2.78. The van der Waals surface area contributed by atoms with Crippen molar-refractivity contribution in [2.75, 3.05) is 0 Å². The van der Waals surface area contributed by atoms with Crippen molar-refractivity contribution < 1.29 is 10.2 Å². The average molecular weight is 158 g/mol. The lowest BCUT2D eigenvalue weighted by Crippen LogP contribution is -1.83. The molecular weight excluding hydrogens is 148 g/mol. The van der Waals surface area contributed by atoms with E-state index >= 15 is 0 Å². The number of hydrogen-bond acceptors (Lipinski definition) is 3. The molecule has 0 aliphatic carbocycles. The summed E-state index contributed by atoms with van der Waals surface area (Å²) in [5.74, 6) is 0. The molecule has 0 aliphatic heterocycles. The number of aliphatic hydroxyl groups is 2. The molecule has 0 fully saturated rings. The molecule has 2 N–H and O–H groups in total. The second-order valence-electron chi connectivity index (χ2n) is 2.14. The molecular formula is C7H10O2S. The molecule has 0 amide bonds. The van der Waals surface area contributed by atoms with Crippen LogP contribution in [0.15, 0.2) is 12.1 Å². The molecule has 0 saturated heterocycles. The van der Waals surface area contributed by atoms with Gasteiger partial charge in [0.1, 0.15) is 0 Å². The predicted molar refractivity (Wildman–Crippen MR) is 40.9 cm³/mol. The van der Waals surface area contributed by atoms with Crippen LogP contribution in [-0.4, -0.2) is 10.2 Å². The first kappa shape index (κ1) is 7.72. The Hall–Kier alpha value is -0.380. The van der Waals surface area contributed by atoms with Crippen molar-refractivity contribution in [2.45, 2.75) is 19.6 Å². The Bertz CT molecular complexity index is 205. The van der Waals surface area contributed by atoms with E-state index < -0.39 is 6.10 Å². The first-order valence-electron chi connectivity index (χ1n) is 3.11. The van der Waals surface area contributed by atoms with Crippen LogP contribution in [-0.2, 0) is 6.61 Å². The highest BCUT2D eigenvalue weighted by atomic mass is 32.1. The summed E-state index contributed by atoms with van der Waals surface area (Å²) in [7, 11) is 0. The van der Waals surface area contributed by atoms with E-state index in [1.165, 1.54) is 11.3 Å². The van der Waals surface area contributed by atoms with Crippen molar-refractivity contribution in [1.82, 2.24) is 0 Å². The standard InChI is InChI=1S/C7H10O2S/c1-5(9)7-3-2-6(4-8)10-7/h2-3,5,8-9H,4H2,1H3. The monoisotopic (exact) mass is 158 g/mol. The molecule has 1 unspecified atom stereocenters. The minimum Gasteiger partial charge on any atom is -0.391 e. The van der Waals surface area contributed by atoms with Crippen LogP contribution in [0.3, 0.4) is 0 Å². The fourth-order valence-corrected chi connectivity index (χ4v) is 1.51. The second-order valence-corrected chi connectivity index (χ2v) is 3.34. The number of hydrogen-bond donors (Lipinski definition) is 2. The van der Waals surface area contributed by atoms with Crippen LogP contribution in [0.4, 0.5) is 0 Å². The maximum atomic E-state index is 9.06. The number of aliphatic hydroxyl groups excluding tert-OH is 2. The van der Waals surface area contributed by atoms with E-state index in [1.54, 1.807) is 6.92 Å². The van der Waals surface area contributed by atoms with E-state index in [-0.39, 0.29) is 6.61 Å². The van der Waals surface area contributed by atoms with E-state index in [2.05, 4.69) is 0 Å². The lowest BCUT2D eigenvalue weighted by Gasteiger charge is -1.96. The van der Waals surface area contributed by atoms with Gasteiger partial charge in [-0.15, -0.1) is 11.3 Å². The van der Waals surface area contributed by atoms with E-state index in [9.17, 15) is 0 Å². The van der Waals surface area contributed by atoms with Gasteiger partial charge in [-0.3, -0.25) is 0 Å². The van der Waals surface area contributed by atoms with Gasteiger partial charge in [-0.05, 0) is 19.1 Å². The molecule has 1 atom stereocenters. The molecule has 1 rings (SSSR count). The van der Waals surface area contributed by atoms with E-state index in [1.807, 2.05) is 12.1 Å². The molecule has 0 aromatic carbocycles. The van der Waals surface area contributed by atoms with Crippen LogP contribution in [0.25, 0.3) is 0 Å². The van der Waals surface area contributed by atoms with Gasteiger partial charge in [0.2, 0.25) is 0 Å². The summed E-state index contributed by atoms with van der Waals surface area (Å²) in [6.45, 7) is 1.78. The largest absolute Gasteiger partial charge is 0.391 e. The van der Waals surface area contributed by atoms with E-state index in [0.29, 0.717) is 0 Å². The highest BCUT2D eigenvalue weighted by Gasteiger charge is 2.03. The maximum absolute atomic E-state index is 9.06. The summed E-state index contributed by atoms with van der Waals surface area (Å²) < 4.78 is 0. The van der Waals surface area contributed by atoms with Crippen molar-refractivity contribution in [3.05, 3.63) is 21.9 Å². The zero-order chi connectivity index (χ0) is 7.56. The molecule has 2 nitrogen and oxygen atoms in total. The molecule has 0 bridgehead atoms. The van der Waals surface area contributed by atoms with Gasteiger partial charge in [0.05, 0.1) is 12.7 Å². The Labute approximate surface area is 63.8 Å². The molecule has 1 aromatic heterocycles. The van der Waals surface area contributed by atoms with Crippen LogP contribution in [0, 0.1) is 0 Å². The predicted octanol–water partition coefficient (Wildman–Crippen LogP) is 1.29. The Morgan fingerprint density at radius 1 is 1.60 bits per heavy atom. The zero-order valence-electron chi connectivity index (χ0n) is 5.74. The summed E-state index contributed by atoms with van der Waals surface area (Å²) in [6.07, 6.45) is -0.412. The topological polar surface area (TPSA) is 40.5 Å². The summed E-state index contributed by atoms with van der Waals surface area (Å²) in [6, 6.07) is 3.66. The molecule has 3 heteroatoms. The van der Waals surface area contributed by atoms with Crippen LogP contribution in [0.1, 0.15) is 22.8 Å². The summed E-state index contributed by atoms with van der Waals surface area (Å²) in [4.78, 5) is 1.81. The highest BCUT2D eigenvalue weighted by Crippen LogP contribution is 2.22. The normalized spacial score (nSPS) is 13.5. The first-order chi connectivity index (χ1) is 4.74. The minimum atomic E-state index is -0.412. The van der Waals surface area contributed by atoms with Crippen molar-refractivity contribution in [3.8, 4) is 0 Å². The van der Waals surface area contributed by atoms with Gasteiger partial charge in [0, 0.05) is 9.75 Å². The maximum Gasteiger partial charge on any atom is 0.0854 e. The molecule has 56 valence electrons. The van der Waals surface area contributed by atoms with Gasteiger partial charge in [-0.2, -0.15) is 0 Å². The van der Waals surface area contributed by atoms with Gasteiger partial charge in [-0.1, -0.05) is 0 Å². The second kappa shape index (κ2) is 3.14. The minimum absolute atomic E-state index is 0.0669. The van der Waals surface area contributed by atoms with Gasteiger partial charge in [0.25, 0.3) is 0 Å². The molecule has 1 aromatic rings. The first-order valence-corrected chi connectivity index (χ1v) is 3.93. The summed E-state index contributed by atoms with van der Waals surface area (Å²) in [5.41, 5.74) is 0. The van der Waals surface area contributed by atoms with Crippen molar-refractivity contribution >= 4 is 11.3 Å². The van der Waals surface area contributed by atoms with Crippen LogP contribution in [0.5, 0.6) is 0 Å². The summed E-state index contributed by atoms with van der Waals surface area (Å²) >= 11 is 1.44.